The fourth-order valence-corrected chi connectivity index (χ4v) is 4.35. The van der Waals surface area contributed by atoms with E-state index < -0.39 is 0 Å². The number of phenolic OH excluding ortho intramolecular Hbond substituents is 1. The van der Waals surface area contributed by atoms with Gasteiger partial charge in [0.2, 0.25) is 0 Å². The van der Waals surface area contributed by atoms with Gasteiger partial charge in [-0.05, 0) is 43.7 Å². The molecule has 0 saturated heterocycles. The number of phenols is 1. The number of carbonyl (C=O) groups excluding carboxylic acids is 1. The van der Waals surface area contributed by atoms with Crippen LogP contribution < -0.4 is 0 Å². The van der Waals surface area contributed by atoms with Gasteiger partial charge in [-0.1, -0.05) is 6.07 Å². The Morgan fingerprint density at radius 2 is 2.06 bits per heavy atom. The topological polar surface area (TPSA) is 122 Å². The van der Waals surface area contributed by atoms with Gasteiger partial charge >= 0.3 is 0 Å². The van der Waals surface area contributed by atoms with E-state index in [1.807, 2.05) is 42.8 Å². The lowest BCUT2D eigenvalue weighted by molar-refractivity contribution is 0.0781. The molecule has 2 aromatic carbocycles. The molecule has 0 aliphatic carbocycles. The van der Waals surface area contributed by atoms with E-state index >= 15 is 0 Å². The number of benzene rings is 2. The second kappa shape index (κ2) is 9.38. The highest BCUT2D eigenvalue weighted by Gasteiger charge is 2.22. The van der Waals surface area contributed by atoms with Gasteiger partial charge in [-0.2, -0.15) is 5.10 Å². The van der Waals surface area contributed by atoms with Gasteiger partial charge in [-0.25, -0.2) is 15.0 Å². The number of rotatable bonds is 7. The molecule has 36 heavy (non-hydrogen) atoms. The summed E-state index contributed by atoms with van der Waals surface area (Å²) < 4.78 is 7.19. The van der Waals surface area contributed by atoms with Crippen LogP contribution in [0.25, 0.3) is 33.3 Å². The van der Waals surface area contributed by atoms with E-state index in [1.54, 1.807) is 31.3 Å². The molecule has 5 aromatic rings. The number of aromatic hydroxyl groups is 1. The molecule has 0 spiro atoms. The maximum absolute atomic E-state index is 13.8. The Labute approximate surface area is 207 Å². The number of hydrogen-bond donors (Lipinski definition) is 2. The molecule has 0 unspecified atom stereocenters. The summed E-state index contributed by atoms with van der Waals surface area (Å²) in [6.45, 7) is 5.59. The van der Waals surface area contributed by atoms with Crippen molar-refractivity contribution in [2.45, 2.75) is 33.5 Å². The average molecular weight is 486 g/mol. The molecule has 1 amide bonds. The van der Waals surface area contributed by atoms with Crippen molar-refractivity contribution in [1.29, 1.82) is 0 Å². The molecule has 3 heterocycles. The first-order valence-corrected chi connectivity index (χ1v) is 11.6. The van der Waals surface area contributed by atoms with Crippen LogP contribution in [0.5, 0.6) is 5.75 Å². The summed E-state index contributed by atoms with van der Waals surface area (Å²) in [5.74, 6) is 0.102. The van der Waals surface area contributed by atoms with E-state index in [-0.39, 0.29) is 17.4 Å². The molecule has 0 aliphatic rings. The van der Waals surface area contributed by atoms with Gasteiger partial charge in [0.05, 0.1) is 30.2 Å². The third-order valence-electron chi connectivity index (χ3n) is 6.29. The van der Waals surface area contributed by atoms with E-state index in [2.05, 4.69) is 15.1 Å². The van der Waals surface area contributed by atoms with Crippen LogP contribution in [-0.2, 0) is 24.4 Å². The molecule has 0 fully saturated rings. The van der Waals surface area contributed by atoms with E-state index in [1.165, 1.54) is 6.33 Å². The van der Waals surface area contributed by atoms with Gasteiger partial charge < -0.3 is 19.7 Å². The summed E-state index contributed by atoms with van der Waals surface area (Å²) in [5, 5.41) is 15.5. The fraction of sp³-hybridized carbons (Fsp3) is 0.269. The lowest BCUT2D eigenvalue weighted by atomic mass is 10.1. The minimum atomic E-state index is -0.242. The molecule has 3 aromatic heterocycles. The number of aryl methyl sites for hydroxylation is 1. The molecule has 0 bridgehead atoms. The van der Waals surface area contributed by atoms with Gasteiger partial charge in [-0.15, -0.1) is 0 Å². The van der Waals surface area contributed by atoms with Crippen molar-refractivity contribution >= 4 is 27.8 Å². The first-order valence-electron chi connectivity index (χ1n) is 11.6. The molecule has 10 heteroatoms. The van der Waals surface area contributed by atoms with E-state index in [9.17, 15) is 9.90 Å². The number of H-pyrrole nitrogens is 1. The Morgan fingerprint density at radius 3 is 2.81 bits per heavy atom. The van der Waals surface area contributed by atoms with Gasteiger partial charge in [0.1, 0.15) is 17.0 Å². The van der Waals surface area contributed by atoms with Crippen molar-refractivity contribution in [3.8, 4) is 17.1 Å². The summed E-state index contributed by atoms with van der Waals surface area (Å²) in [6, 6.07) is 9.03. The van der Waals surface area contributed by atoms with Crippen LogP contribution in [0.1, 0.15) is 34.2 Å². The van der Waals surface area contributed by atoms with Crippen molar-refractivity contribution in [2.24, 2.45) is 0 Å². The average Bonchev–Trinajstić information content (AvgIpc) is 3.50. The number of ether oxygens (including phenoxy) is 1. The molecule has 10 nitrogen and oxygen atoms in total. The number of nitrogens with one attached hydrogen (secondary N) is 1. The number of aromatic nitrogens is 6. The van der Waals surface area contributed by atoms with Crippen LogP contribution in [0.2, 0.25) is 0 Å². The fourth-order valence-electron chi connectivity index (χ4n) is 4.35. The Hall–Kier alpha value is -4.31. The SMILES string of the molecule is CCn1ncc(CN(C)C(=O)c2nc(-c3cc(O)c4nc[nH]c4c3)nc3ccc(COC)cc23)c1C. The summed E-state index contributed by atoms with van der Waals surface area (Å²) >= 11 is 0. The first-order chi connectivity index (χ1) is 17.4. The van der Waals surface area contributed by atoms with E-state index in [0.29, 0.717) is 46.5 Å². The number of fused-ring (bicyclic) bond motifs is 2. The third kappa shape index (κ3) is 4.16. The smallest absolute Gasteiger partial charge is 0.273 e. The van der Waals surface area contributed by atoms with Crippen molar-refractivity contribution in [2.75, 3.05) is 14.2 Å². The quantitative estimate of drug-likeness (QED) is 0.359. The Balaban J connectivity index is 1.61. The zero-order chi connectivity index (χ0) is 25.4. The number of imidazole rings is 1. The highest BCUT2D eigenvalue weighted by molar-refractivity contribution is 6.05. The third-order valence-corrected chi connectivity index (χ3v) is 6.29. The summed E-state index contributed by atoms with van der Waals surface area (Å²) in [5.41, 5.74) is 5.49. The zero-order valence-corrected chi connectivity index (χ0v) is 20.6. The van der Waals surface area contributed by atoms with Gasteiger partial charge in [0, 0.05) is 49.5 Å². The van der Waals surface area contributed by atoms with Gasteiger partial charge in [0.25, 0.3) is 5.91 Å². The van der Waals surface area contributed by atoms with Crippen LogP contribution in [0.3, 0.4) is 0 Å². The molecular formula is C26H27N7O3. The Bertz CT molecular complexity index is 1590. The number of amides is 1. The Morgan fingerprint density at radius 1 is 1.22 bits per heavy atom. The predicted molar refractivity (Wildman–Crippen MR) is 135 cm³/mol. The number of carbonyl (C=O) groups is 1. The maximum Gasteiger partial charge on any atom is 0.273 e. The molecule has 5 rings (SSSR count). The monoisotopic (exact) mass is 485 g/mol. The maximum atomic E-state index is 13.8. The largest absolute Gasteiger partial charge is 0.506 e. The number of methoxy groups -OCH3 is 1. The first kappa shape index (κ1) is 23.4. The molecule has 0 atom stereocenters. The Kier molecular flexibility index (Phi) is 6.11. The molecule has 0 saturated carbocycles. The number of aromatic amines is 1. The van der Waals surface area contributed by atoms with Crippen LogP contribution in [0.4, 0.5) is 0 Å². The summed E-state index contributed by atoms with van der Waals surface area (Å²) in [6.07, 6.45) is 3.31. The standard InChI is InChI=1S/C26H27N7O3/c1-5-33-15(2)18(11-29-33)12-32(3)26(35)23-19-8-16(13-36-4)6-7-20(19)30-25(31-23)17-9-21-24(22(34)10-17)28-14-27-21/h6-11,14,34H,5,12-13H2,1-4H3,(H,27,28). The summed E-state index contributed by atoms with van der Waals surface area (Å²) in [7, 11) is 3.38. The molecule has 0 radical (unpaired) electrons. The number of hydrogen-bond acceptors (Lipinski definition) is 7. The van der Waals surface area contributed by atoms with Crippen molar-refractivity contribution in [3.63, 3.8) is 0 Å². The summed E-state index contributed by atoms with van der Waals surface area (Å²) in [4.78, 5) is 31.9. The molecular weight excluding hydrogens is 458 g/mol. The highest BCUT2D eigenvalue weighted by Crippen LogP contribution is 2.30. The molecule has 184 valence electrons. The second-order valence-electron chi connectivity index (χ2n) is 8.71. The van der Waals surface area contributed by atoms with Crippen molar-refractivity contribution in [1.82, 2.24) is 34.6 Å². The normalized spacial score (nSPS) is 11.4. The lowest BCUT2D eigenvalue weighted by Gasteiger charge is -2.18. The minimum absolute atomic E-state index is 0.0105. The zero-order valence-electron chi connectivity index (χ0n) is 20.6. The van der Waals surface area contributed by atoms with Crippen LogP contribution in [-0.4, -0.2) is 59.8 Å². The van der Waals surface area contributed by atoms with Gasteiger partial charge in [0.15, 0.2) is 5.82 Å². The van der Waals surface area contributed by atoms with E-state index in [4.69, 9.17) is 14.7 Å². The second-order valence-corrected chi connectivity index (χ2v) is 8.71. The highest BCUT2D eigenvalue weighted by atomic mass is 16.5. The van der Waals surface area contributed by atoms with Crippen molar-refractivity contribution in [3.05, 3.63) is 65.4 Å². The number of nitrogens with zero attached hydrogens (tertiary/aromatic N) is 6. The van der Waals surface area contributed by atoms with Crippen LogP contribution >= 0.6 is 0 Å². The van der Waals surface area contributed by atoms with Crippen molar-refractivity contribution < 1.29 is 14.6 Å². The lowest BCUT2D eigenvalue weighted by Crippen LogP contribution is -2.28. The minimum Gasteiger partial charge on any atom is -0.506 e. The van der Waals surface area contributed by atoms with Gasteiger partial charge in [-0.3, -0.25) is 9.48 Å². The molecule has 0 aliphatic heterocycles. The predicted octanol–water partition coefficient (Wildman–Crippen LogP) is 3.82. The molecule has 2 N–H and O–H groups in total. The van der Waals surface area contributed by atoms with Crippen LogP contribution in [0.15, 0.2) is 42.9 Å². The van der Waals surface area contributed by atoms with E-state index in [0.717, 1.165) is 23.4 Å². The van der Waals surface area contributed by atoms with Crippen LogP contribution in [0, 0.1) is 6.92 Å².